The van der Waals surface area contributed by atoms with Gasteiger partial charge in [-0.25, -0.2) is 4.98 Å². The summed E-state index contributed by atoms with van der Waals surface area (Å²) in [6.07, 6.45) is 0. The summed E-state index contributed by atoms with van der Waals surface area (Å²) in [5, 5.41) is 3.54. The molecule has 0 unspecified atom stereocenters. The van der Waals surface area contributed by atoms with Crippen LogP contribution in [-0.2, 0) is 12.0 Å². The summed E-state index contributed by atoms with van der Waals surface area (Å²) < 4.78 is 0. The van der Waals surface area contributed by atoms with Gasteiger partial charge in [-0.05, 0) is 44.0 Å². The largest absolute Gasteiger partial charge is 0.357 e. The quantitative estimate of drug-likeness (QED) is 0.824. The molecule has 1 aromatic heterocycles. The van der Waals surface area contributed by atoms with Crippen LogP contribution in [0, 0.1) is 5.92 Å². The van der Waals surface area contributed by atoms with E-state index >= 15 is 0 Å². The van der Waals surface area contributed by atoms with Gasteiger partial charge in [0.25, 0.3) is 0 Å². The Bertz CT molecular complexity index is 429. The fourth-order valence-electron chi connectivity index (χ4n) is 2.27. The molecule has 0 aliphatic heterocycles. The lowest BCUT2D eigenvalue weighted by atomic mass is 9.90. The summed E-state index contributed by atoms with van der Waals surface area (Å²) in [7, 11) is 0. The molecule has 0 bridgehead atoms. The van der Waals surface area contributed by atoms with Gasteiger partial charge in [-0.2, -0.15) is 0 Å². The van der Waals surface area contributed by atoms with Crippen LogP contribution in [0.5, 0.6) is 0 Å². The minimum Gasteiger partial charge on any atom is -0.357 e. The zero-order chi connectivity index (χ0) is 16.0. The molecular formula is C18H33N3. The molecule has 1 N–H and O–H groups in total. The minimum atomic E-state index is 0.0793. The monoisotopic (exact) mass is 291 g/mol. The van der Waals surface area contributed by atoms with Gasteiger partial charge in [-0.3, -0.25) is 0 Å². The molecule has 0 aromatic carbocycles. The van der Waals surface area contributed by atoms with Gasteiger partial charge in [0.2, 0.25) is 0 Å². The third-order valence-corrected chi connectivity index (χ3v) is 3.61. The van der Waals surface area contributed by atoms with E-state index in [2.05, 4.69) is 70.8 Å². The third-order valence-electron chi connectivity index (χ3n) is 3.61. The number of hydrogen-bond donors (Lipinski definition) is 1. The van der Waals surface area contributed by atoms with Crippen molar-refractivity contribution in [2.24, 2.45) is 5.92 Å². The van der Waals surface area contributed by atoms with Gasteiger partial charge >= 0.3 is 0 Å². The van der Waals surface area contributed by atoms with E-state index < -0.39 is 0 Å². The Labute approximate surface area is 131 Å². The molecule has 0 aliphatic rings. The SMILES string of the molecule is CCN(CC)c1cc(CNCC(C)C)cc(C(C)(C)C)n1. The van der Waals surface area contributed by atoms with Crippen molar-refractivity contribution in [2.75, 3.05) is 24.5 Å². The molecule has 3 nitrogen and oxygen atoms in total. The van der Waals surface area contributed by atoms with Crippen molar-refractivity contribution in [2.45, 2.75) is 60.4 Å². The highest BCUT2D eigenvalue weighted by Gasteiger charge is 2.18. The molecule has 1 aromatic rings. The number of nitrogens with one attached hydrogen (secondary N) is 1. The number of nitrogens with zero attached hydrogens (tertiary/aromatic N) is 2. The van der Waals surface area contributed by atoms with E-state index in [4.69, 9.17) is 4.98 Å². The van der Waals surface area contributed by atoms with Crippen molar-refractivity contribution in [3.8, 4) is 0 Å². The fraction of sp³-hybridized carbons (Fsp3) is 0.722. The lowest BCUT2D eigenvalue weighted by Crippen LogP contribution is -2.26. The summed E-state index contributed by atoms with van der Waals surface area (Å²) in [4.78, 5) is 7.21. The number of rotatable bonds is 7. The maximum atomic E-state index is 4.89. The minimum absolute atomic E-state index is 0.0793. The molecular weight excluding hydrogens is 258 g/mol. The third kappa shape index (κ3) is 5.66. The van der Waals surface area contributed by atoms with E-state index in [1.54, 1.807) is 0 Å². The summed E-state index contributed by atoms with van der Waals surface area (Å²) in [5.74, 6) is 1.78. The molecule has 0 atom stereocenters. The van der Waals surface area contributed by atoms with Crippen LogP contribution in [0.25, 0.3) is 0 Å². The van der Waals surface area contributed by atoms with Crippen LogP contribution in [0.4, 0.5) is 5.82 Å². The van der Waals surface area contributed by atoms with E-state index in [0.717, 1.165) is 32.0 Å². The second-order valence-electron chi connectivity index (χ2n) is 7.17. The molecule has 0 spiro atoms. The van der Waals surface area contributed by atoms with Crippen LogP contribution in [0.15, 0.2) is 12.1 Å². The Morgan fingerprint density at radius 1 is 1.14 bits per heavy atom. The highest BCUT2D eigenvalue weighted by atomic mass is 15.2. The number of pyridine rings is 1. The van der Waals surface area contributed by atoms with E-state index in [1.165, 1.54) is 11.3 Å². The average molecular weight is 291 g/mol. The Kier molecular flexibility index (Phi) is 6.66. The number of aromatic nitrogens is 1. The molecule has 0 radical (unpaired) electrons. The van der Waals surface area contributed by atoms with Crippen LogP contribution in [0.2, 0.25) is 0 Å². The van der Waals surface area contributed by atoms with Crippen LogP contribution < -0.4 is 10.2 Å². The Morgan fingerprint density at radius 3 is 2.24 bits per heavy atom. The van der Waals surface area contributed by atoms with Crippen molar-refractivity contribution in [1.29, 1.82) is 0 Å². The zero-order valence-corrected chi connectivity index (χ0v) is 15.0. The Morgan fingerprint density at radius 2 is 1.76 bits per heavy atom. The molecule has 21 heavy (non-hydrogen) atoms. The molecule has 0 aliphatic carbocycles. The van der Waals surface area contributed by atoms with Gasteiger partial charge in [0.1, 0.15) is 5.82 Å². The van der Waals surface area contributed by atoms with E-state index in [0.29, 0.717) is 5.92 Å². The van der Waals surface area contributed by atoms with E-state index in [1.807, 2.05) is 0 Å². The Hall–Kier alpha value is -1.09. The fourth-order valence-corrected chi connectivity index (χ4v) is 2.27. The molecule has 3 heteroatoms. The van der Waals surface area contributed by atoms with E-state index in [9.17, 15) is 0 Å². The van der Waals surface area contributed by atoms with Gasteiger partial charge in [0, 0.05) is 30.7 Å². The topological polar surface area (TPSA) is 28.2 Å². The molecule has 1 rings (SSSR count). The smallest absolute Gasteiger partial charge is 0.129 e. The van der Waals surface area contributed by atoms with Crippen molar-refractivity contribution in [3.05, 3.63) is 23.4 Å². The molecule has 0 saturated heterocycles. The highest BCUT2D eigenvalue weighted by molar-refractivity contribution is 5.43. The zero-order valence-electron chi connectivity index (χ0n) is 15.0. The summed E-state index contributed by atoms with van der Waals surface area (Å²) >= 11 is 0. The lowest BCUT2D eigenvalue weighted by molar-refractivity contribution is 0.546. The predicted molar refractivity (Wildman–Crippen MR) is 93.0 cm³/mol. The molecule has 120 valence electrons. The highest BCUT2D eigenvalue weighted by Crippen LogP contribution is 2.25. The van der Waals surface area contributed by atoms with Crippen LogP contribution >= 0.6 is 0 Å². The summed E-state index contributed by atoms with van der Waals surface area (Å²) in [5.41, 5.74) is 2.58. The first-order valence-corrected chi connectivity index (χ1v) is 8.25. The van der Waals surface area contributed by atoms with Gasteiger partial charge in [-0.15, -0.1) is 0 Å². The lowest BCUT2D eigenvalue weighted by Gasteiger charge is -2.25. The van der Waals surface area contributed by atoms with Crippen molar-refractivity contribution in [1.82, 2.24) is 10.3 Å². The molecule has 0 saturated carbocycles. The first kappa shape index (κ1) is 18.0. The summed E-state index contributed by atoms with van der Waals surface area (Å²) in [6, 6.07) is 4.48. The average Bonchev–Trinajstić information content (AvgIpc) is 2.38. The number of hydrogen-bond acceptors (Lipinski definition) is 3. The first-order valence-electron chi connectivity index (χ1n) is 8.25. The maximum absolute atomic E-state index is 4.89. The van der Waals surface area contributed by atoms with Gasteiger partial charge in [-0.1, -0.05) is 34.6 Å². The van der Waals surface area contributed by atoms with E-state index in [-0.39, 0.29) is 5.41 Å². The number of anilines is 1. The standard InChI is InChI=1S/C18H33N3/c1-8-21(9-2)17-11-15(13-19-12-14(3)4)10-16(20-17)18(5,6)7/h10-11,14,19H,8-9,12-13H2,1-7H3. The van der Waals surface area contributed by atoms with Gasteiger partial charge < -0.3 is 10.2 Å². The molecule has 0 amide bonds. The van der Waals surface area contributed by atoms with Crippen molar-refractivity contribution >= 4 is 5.82 Å². The second kappa shape index (κ2) is 7.79. The predicted octanol–water partition coefficient (Wildman–Crippen LogP) is 3.97. The van der Waals surface area contributed by atoms with Crippen molar-refractivity contribution in [3.63, 3.8) is 0 Å². The van der Waals surface area contributed by atoms with Gasteiger partial charge in [0.15, 0.2) is 0 Å². The van der Waals surface area contributed by atoms with Crippen LogP contribution in [0.1, 0.15) is 59.7 Å². The Balaban J connectivity index is 3.03. The second-order valence-corrected chi connectivity index (χ2v) is 7.17. The summed E-state index contributed by atoms with van der Waals surface area (Å²) in [6.45, 7) is 19.5. The molecule has 0 fully saturated rings. The van der Waals surface area contributed by atoms with Crippen LogP contribution in [-0.4, -0.2) is 24.6 Å². The first-order chi connectivity index (χ1) is 9.77. The molecule has 1 heterocycles. The van der Waals surface area contributed by atoms with Crippen LogP contribution in [0.3, 0.4) is 0 Å². The van der Waals surface area contributed by atoms with Gasteiger partial charge in [0.05, 0.1) is 0 Å². The van der Waals surface area contributed by atoms with Crippen molar-refractivity contribution < 1.29 is 0 Å². The normalized spacial score (nSPS) is 12.0. The maximum Gasteiger partial charge on any atom is 0.129 e.